The summed E-state index contributed by atoms with van der Waals surface area (Å²) in [6.07, 6.45) is 3.24. The predicted octanol–water partition coefficient (Wildman–Crippen LogP) is 3.77. The van der Waals surface area contributed by atoms with Crippen molar-refractivity contribution in [3.8, 4) is 5.75 Å². The molecule has 6 nitrogen and oxygen atoms in total. The minimum Gasteiger partial charge on any atom is -0.497 e. The summed E-state index contributed by atoms with van der Waals surface area (Å²) in [5, 5.41) is 10.9. The first kappa shape index (κ1) is 17.2. The number of methoxy groups -OCH3 is 1. The molecule has 0 aliphatic carbocycles. The van der Waals surface area contributed by atoms with E-state index >= 15 is 0 Å². The molecule has 0 saturated carbocycles. The second kappa shape index (κ2) is 7.51. The van der Waals surface area contributed by atoms with E-state index in [2.05, 4.69) is 22.0 Å². The van der Waals surface area contributed by atoms with Crippen LogP contribution in [0.4, 0.5) is 11.5 Å². The number of aryl methyl sites for hydroxylation is 1. The zero-order valence-electron chi connectivity index (χ0n) is 14.6. The zero-order valence-corrected chi connectivity index (χ0v) is 14.6. The summed E-state index contributed by atoms with van der Waals surface area (Å²) < 4.78 is 5.29. The first-order chi connectivity index (χ1) is 12.1. The molecule has 2 aromatic rings. The molecule has 0 bridgehead atoms. The van der Waals surface area contributed by atoms with E-state index in [0.717, 1.165) is 43.9 Å². The molecule has 0 N–H and O–H groups in total. The number of aromatic nitrogens is 1. The van der Waals surface area contributed by atoms with Gasteiger partial charge in [-0.15, -0.1) is 0 Å². The number of anilines is 1. The van der Waals surface area contributed by atoms with Gasteiger partial charge in [-0.3, -0.25) is 10.1 Å². The normalized spacial score (nSPS) is 15.2. The molecule has 1 aliphatic heterocycles. The number of nitrogens with zero attached hydrogens (tertiary/aromatic N) is 3. The molecule has 1 saturated heterocycles. The predicted molar refractivity (Wildman–Crippen MR) is 97.3 cm³/mol. The summed E-state index contributed by atoms with van der Waals surface area (Å²) >= 11 is 0. The number of pyridine rings is 1. The smallest absolute Gasteiger partial charge is 0.290 e. The molecule has 1 fully saturated rings. The van der Waals surface area contributed by atoms with Crippen LogP contribution in [0.25, 0.3) is 0 Å². The lowest BCUT2D eigenvalue weighted by molar-refractivity contribution is -0.385. The monoisotopic (exact) mass is 341 g/mol. The molecule has 0 radical (unpaired) electrons. The minimum absolute atomic E-state index is 0.0802. The van der Waals surface area contributed by atoms with E-state index in [1.165, 1.54) is 5.56 Å². The molecule has 1 aromatic heterocycles. The van der Waals surface area contributed by atoms with Gasteiger partial charge < -0.3 is 9.64 Å². The van der Waals surface area contributed by atoms with Crippen LogP contribution in [-0.4, -0.2) is 30.1 Å². The Morgan fingerprint density at radius 1 is 1.28 bits per heavy atom. The van der Waals surface area contributed by atoms with Gasteiger partial charge in [0.1, 0.15) is 17.3 Å². The lowest BCUT2D eigenvalue weighted by Crippen LogP contribution is -2.35. The van der Waals surface area contributed by atoms with E-state index < -0.39 is 0 Å². The van der Waals surface area contributed by atoms with Crippen molar-refractivity contribution in [3.63, 3.8) is 0 Å². The lowest BCUT2D eigenvalue weighted by atomic mass is 9.90. The minimum atomic E-state index is -0.382. The Balaban J connectivity index is 1.60. The molecule has 0 unspecified atom stereocenters. The first-order valence-corrected chi connectivity index (χ1v) is 8.56. The highest BCUT2D eigenvalue weighted by atomic mass is 16.6. The summed E-state index contributed by atoms with van der Waals surface area (Å²) in [5.74, 6) is 2.38. The van der Waals surface area contributed by atoms with Gasteiger partial charge >= 0.3 is 0 Å². The Labute approximate surface area is 147 Å². The Hall–Kier alpha value is -2.63. The number of rotatable bonds is 5. The number of hydrogen-bond donors (Lipinski definition) is 0. The summed E-state index contributed by atoms with van der Waals surface area (Å²) in [6, 6.07) is 11.6. The second-order valence-electron chi connectivity index (χ2n) is 6.52. The van der Waals surface area contributed by atoms with Crippen molar-refractivity contribution in [3.05, 3.63) is 57.8 Å². The van der Waals surface area contributed by atoms with Crippen molar-refractivity contribution in [2.24, 2.45) is 5.92 Å². The SMILES string of the molecule is COc1cccc(CC2CCN(c3ccc([N+](=O)[O-])c(C)n3)CC2)c1. The Morgan fingerprint density at radius 2 is 2.04 bits per heavy atom. The van der Waals surface area contributed by atoms with Crippen LogP contribution in [0.1, 0.15) is 24.1 Å². The number of hydrogen-bond acceptors (Lipinski definition) is 5. The van der Waals surface area contributed by atoms with Crippen molar-refractivity contribution in [1.82, 2.24) is 4.98 Å². The molecule has 6 heteroatoms. The van der Waals surface area contributed by atoms with Crippen LogP contribution in [-0.2, 0) is 6.42 Å². The van der Waals surface area contributed by atoms with Crippen LogP contribution >= 0.6 is 0 Å². The van der Waals surface area contributed by atoms with E-state index in [0.29, 0.717) is 11.6 Å². The fraction of sp³-hybridized carbons (Fsp3) is 0.421. The number of nitro groups is 1. The van der Waals surface area contributed by atoms with Gasteiger partial charge in [0.25, 0.3) is 5.69 Å². The molecule has 1 aromatic carbocycles. The second-order valence-corrected chi connectivity index (χ2v) is 6.52. The highest BCUT2D eigenvalue weighted by Gasteiger charge is 2.22. The molecular formula is C19H23N3O3. The van der Waals surface area contributed by atoms with E-state index in [4.69, 9.17) is 4.74 Å². The van der Waals surface area contributed by atoms with E-state index in [1.54, 1.807) is 26.2 Å². The van der Waals surface area contributed by atoms with Gasteiger partial charge in [0, 0.05) is 19.2 Å². The van der Waals surface area contributed by atoms with Gasteiger partial charge in [0.2, 0.25) is 0 Å². The number of piperidine rings is 1. The molecule has 2 heterocycles. The third-order valence-corrected chi connectivity index (χ3v) is 4.84. The molecule has 132 valence electrons. The van der Waals surface area contributed by atoms with Gasteiger partial charge in [-0.25, -0.2) is 4.98 Å². The number of benzene rings is 1. The fourth-order valence-electron chi connectivity index (χ4n) is 3.41. The summed E-state index contributed by atoms with van der Waals surface area (Å²) in [6.45, 7) is 3.55. The van der Waals surface area contributed by atoms with Gasteiger partial charge in [0.15, 0.2) is 0 Å². The van der Waals surface area contributed by atoms with E-state index in [9.17, 15) is 10.1 Å². The molecule has 0 spiro atoms. The maximum absolute atomic E-state index is 10.9. The summed E-state index contributed by atoms with van der Waals surface area (Å²) in [7, 11) is 1.69. The van der Waals surface area contributed by atoms with Gasteiger partial charge in [-0.1, -0.05) is 12.1 Å². The van der Waals surface area contributed by atoms with Crippen molar-refractivity contribution in [2.45, 2.75) is 26.2 Å². The van der Waals surface area contributed by atoms with Crippen molar-refractivity contribution in [1.29, 1.82) is 0 Å². The Morgan fingerprint density at radius 3 is 2.68 bits per heavy atom. The highest BCUT2D eigenvalue weighted by Crippen LogP contribution is 2.27. The fourth-order valence-corrected chi connectivity index (χ4v) is 3.41. The third kappa shape index (κ3) is 4.07. The van der Waals surface area contributed by atoms with Crippen molar-refractivity contribution < 1.29 is 9.66 Å². The Kier molecular flexibility index (Phi) is 5.16. The van der Waals surface area contributed by atoms with Crippen LogP contribution in [0.15, 0.2) is 36.4 Å². The molecular weight excluding hydrogens is 318 g/mol. The van der Waals surface area contributed by atoms with Crippen molar-refractivity contribution in [2.75, 3.05) is 25.1 Å². The molecule has 0 amide bonds. The average Bonchev–Trinajstić information content (AvgIpc) is 2.62. The average molecular weight is 341 g/mol. The van der Waals surface area contributed by atoms with E-state index in [1.807, 2.05) is 12.1 Å². The summed E-state index contributed by atoms with van der Waals surface area (Å²) in [5.41, 5.74) is 1.86. The first-order valence-electron chi connectivity index (χ1n) is 8.56. The van der Waals surface area contributed by atoms with Crippen LogP contribution in [0.5, 0.6) is 5.75 Å². The number of ether oxygens (including phenoxy) is 1. The van der Waals surface area contributed by atoms with Crippen LogP contribution < -0.4 is 9.64 Å². The zero-order chi connectivity index (χ0) is 17.8. The van der Waals surface area contributed by atoms with Crippen LogP contribution in [0.2, 0.25) is 0 Å². The van der Waals surface area contributed by atoms with E-state index in [-0.39, 0.29) is 10.6 Å². The van der Waals surface area contributed by atoms with Crippen LogP contribution in [0, 0.1) is 23.0 Å². The van der Waals surface area contributed by atoms with Crippen molar-refractivity contribution >= 4 is 11.5 Å². The standard InChI is InChI=1S/C19H23N3O3/c1-14-18(22(23)24)6-7-19(20-14)21-10-8-15(9-11-21)12-16-4-3-5-17(13-16)25-2/h3-7,13,15H,8-12H2,1-2H3. The molecule has 1 aliphatic rings. The van der Waals surface area contributed by atoms with Gasteiger partial charge in [-0.05, 0) is 55.9 Å². The largest absolute Gasteiger partial charge is 0.497 e. The molecule has 25 heavy (non-hydrogen) atoms. The lowest BCUT2D eigenvalue weighted by Gasteiger charge is -2.33. The van der Waals surface area contributed by atoms with Crippen LogP contribution in [0.3, 0.4) is 0 Å². The Bertz CT molecular complexity index is 755. The highest BCUT2D eigenvalue weighted by molar-refractivity contribution is 5.47. The third-order valence-electron chi connectivity index (χ3n) is 4.84. The van der Waals surface area contributed by atoms with Gasteiger partial charge in [0.05, 0.1) is 12.0 Å². The van der Waals surface area contributed by atoms with Gasteiger partial charge in [-0.2, -0.15) is 0 Å². The molecule has 3 rings (SSSR count). The maximum atomic E-state index is 10.9. The molecule has 0 atom stereocenters. The quantitative estimate of drug-likeness (QED) is 0.612. The topological polar surface area (TPSA) is 68.5 Å². The maximum Gasteiger partial charge on any atom is 0.290 e. The summed E-state index contributed by atoms with van der Waals surface area (Å²) in [4.78, 5) is 17.2.